The second-order valence-corrected chi connectivity index (χ2v) is 5.45. The van der Waals surface area contributed by atoms with Crippen molar-refractivity contribution in [2.75, 3.05) is 18.4 Å². The molecular formula is C14H17FN4OS. The van der Waals surface area contributed by atoms with Crippen LogP contribution in [0.2, 0.25) is 0 Å². The summed E-state index contributed by atoms with van der Waals surface area (Å²) >= 11 is 1.23. The average molecular weight is 308 g/mol. The van der Waals surface area contributed by atoms with E-state index in [1.807, 2.05) is 0 Å². The van der Waals surface area contributed by atoms with Crippen molar-refractivity contribution in [3.8, 4) is 0 Å². The first-order valence-corrected chi connectivity index (χ1v) is 7.60. The molecule has 0 saturated heterocycles. The van der Waals surface area contributed by atoms with Crippen LogP contribution in [0.1, 0.15) is 28.7 Å². The van der Waals surface area contributed by atoms with E-state index in [1.54, 1.807) is 12.1 Å². The van der Waals surface area contributed by atoms with Gasteiger partial charge in [-0.1, -0.05) is 30.4 Å². The molecule has 0 aliphatic carbocycles. The maximum absolute atomic E-state index is 12.8. The fourth-order valence-electron chi connectivity index (χ4n) is 1.67. The molecule has 0 atom stereocenters. The zero-order valence-electron chi connectivity index (χ0n) is 11.7. The molecule has 7 heteroatoms. The summed E-state index contributed by atoms with van der Waals surface area (Å²) in [7, 11) is 0. The highest BCUT2D eigenvalue weighted by Crippen LogP contribution is 2.14. The van der Waals surface area contributed by atoms with Gasteiger partial charge in [0.15, 0.2) is 0 Å². The van der Waals surface area contributed by atoms with Gasteiger partial charge in [0, 0.05) is 13.1 Å². The number of amides is 1. The van der Waals surface area contributed by atoms with Gasteiger partial charge in [-0.25, -0.2) is 4.39 Å². The molecule has 2 aromatic rings. The van der Waals surface area contributed by atoms with Crippen LogP contribution in [0.3, 0.4) is 0 Å². The van der Waals surface area contributed by atoms with E-state index in [2.05, 4.69) is 27.8 Å². The second-order valence-electron chi connectivity index (χ2n) is 4.47. The summed E-state index contributed by atoms with van der Waals surface area (Å²) in [5.74, 6) is -0.497. The Bertz CT molecular complexity index is 585. The fraction of sp³-hybridized carbons (Fsp3) is 0.357. The van der Waals surface area contributed by atoms with Crippen LogP contribution in [0.25, 0.3) is 0 Å². The number of aromatic nitrogens is 2. The lowest BCUT2D eigenvalue weighted by atomic mass is 10.1. The van der Waals surface area contributed by atoms with E-state index in [9.17, 15) is 9.18 Å². The van der Waals surface area contributed by atoms with Crippen LogP contribution in [0, 0.1) is 5.82 Å². The Morgan fingerprint density at radius 2 is 2.00 bits per heavy atom. The minimum atomic E-state index is -0.260. The molecule has 5 nitrogen and oxygen atoms in total. The predicted molar refractivity (Wildman–Crippen MR) is 81.1 cm³/mol. The normalized spacial score (nSPS) is 10.4. The van der Waals surface area contributed by atoms with Crippen LogP contribution in [0.4, 0.5) is 9.52 Å². The SMILES string of the molecule is CCCNc1nnc(C(=O)NCCc2ccc(F)cc2)s1. The molecule has 0 aliphatic heterocycles. The monoisotopic (exact) mass is 308 g/mol. The quantitative estimate of drug-likeness (QED) is 0.824. The van der Waals surface area contributed by atoms with Crippen LogP contribution in [-0.2, 0) is 6.42 Å². The van der Waals surface area contributed by atoms with Crippen molar-refractivity contribution in [2.24, 2.45) is 0 Å². The van der Waals surface area contributed by atoms with E-state index >= 15 is 0 Å². The summed E-state index contributed by atoms with van der Waals surface area (Å²) in [6.07, 6.45) is 1.63. The third-order valence-electron chi connectivity index (χ3n) is 2.76. The minimum Gasteiger partial charge on any atom is -0.360 e. The molecule has 1 heterocycles. The van der Waals surface area contributed by atoms with E-state index in [0.29, 0.717) is 23.1 Å². The third kappa shape index (κ3) is 4.78. The number of hydrogen-bond donors (Lipinski definition) is 2. The van der Waals surface area contributed by atoms with Crippen LogP contribution in [0.15, 0.2) is 24.3 Å². The van der Waals surface area contributed by atoms with E-state index in [-0.39, 0.29) is 11.7 Å². The summed E-state index contributed by atoms with van der Waals surface area (Å²) in [4.78, 5) is 11.9. The van der Waals surface area contributed by atoms with Gasteiger partial charge in [0.1, 0.15) is 5.82 Å². The number of nitrogens with one attached hydrogen (secondary N) is 2. The minimum absolute atomic E-state index is 0.237. The summed E-state index contributed by atoms with van der Waals surface area (Å²) in [6, 6.07) is 6.24. The maximum atomic E-state index is 12.8. The highest BCUT2D eigenvalue weighted by molar-refractivity contribution is 7.17. The Morgan fingerprint density at radius 1 is 1.24 bits per heavy atom. The Balaban J connectivity index is 1.78. The number of halogens is 1. The van der Waals surface area contributed by atoms with Gasteiger partial charge < -0.3 is 10.6 Å². The number of hydrogen-bond acceptors (Lipinski definition) is 5. The van der Waals surface area contributed by atoms with Gasteiger partial charge in [0.25, 0.3) is 5.91 Å². The lowest BCUT2D eigenvalue weighted by molar-refractivity contribution is 0.0953. The maximum Gasteiger partial charge on any atom is 0.282 e. The molecular weight excluding hydrogens is 291 g/mol. The van der Waals surface area contributed by atoms with Gasteiger partial charge >= 0.3 is 0 Å². The van der Waals surface area contributed by atoms with Crippen LogP contribution < -0.4 is 10.6 Å². The van der Waals surface area contributed by atoms with Crippen molar-refractivity contribution in [2.45, 2.75) is 19.8 Å². The molecule has 0 aliphatic rings. The molecule has 0 saturated carbocycles. The number of benzene rings is 1. The standard InChI is InChI=1S/C14H17FN4OS/c1-2-8-17-14-19-18-13(21-14)12(20)16-9-7-10-3-5-11(15)6-4-10/h3-6H,2,7-9H2,1H3,(H,16,20)(H,17,19). The van der Waals surface area contributed by atoms with Gasteiger partial charge in [-0.3, -0.25) is 4.79 Å². The summed E-state index contributed by atoms with van der Waals surface area (Å²) in [5.41, 5.74) is 0.972. The first kappa shape index (κ1) is 15.4. The molecule has 0 spiro atoms. The van der Waals surface area contributed by atoms with E-state index in [0.717, 1.165) is 18.5 Å². The number of anilines is 1. The highest BCUT2D eigenvalue weighted by atomic mass is 32.1. The number of carbonyl (C=O) groups excluding carboxylic acids is 1. The molecule has 1 amide bonds. The molecule has 2 N–H and O–H groups in total. The van der Waals surface area contributed by atoms with E-state index in [1.165, 1.54) is 23.5 Å². The Morgan fingerprint density at radius 3 is 2.71 bits per heavy atom. The van der Waals surface area contributed by atoms with Crippen molar-refractivity contribution in [1.29, 1.82) is 0 Å². The third-order valence-corrected chi connectivity index (χ3v) is 3.64. The first-order valence-electron chi connectivity index (χ1n) is 6.79. The first-order chi connectivity index (χ1) is 10.2. The Labute approximate surface area is 126 Å². The molecule has 0 unspecified atom stereocenters. The van der Waals surface area contributed by atoms with E-state index < -0.39 is 0 Å². The topological polar surface area (TPSA) is 66.9 Å². The van der Waals surface area contributed by atoms with Crippen molar-refractivity contribution < 1.29 is 9.18 Å². The van der Waals surface area contributed by atoms with Crippen molar-refractivity contribution >= 4 is 22.4 Å². The summed E-state index contributed by atoms with van der Waals surface area (Å²) in [6.45, 7) is 3.33. The zero-order valence-corrected chi connectivity index (χ0v) is 12.5. The molecule has 21 heavy (non-hydrogen) atoms. The highest BCUT2D eigenvalue weighted by Gasteiger charge is 2.11. The van der Waals surface area contributed by atoms with Gasteiger partial charge in [-0.15, -0.1) is 10.2 Å². The van der Waals surface area contributed by atoms with Crippen LogP contribution in [-0.4, -0.2) is 29.2 Å². The lowest BCUT2D eigenvalue weighted by Crippen LogP contribution is -2.25. The number of nitrogens with zero attached hydrogens (tertiary/aromatic N) is 2. The predicted octanol–water partition coefficient (Wildman–Crippen LogP) is 2.47. The van der Waals surface area contributed by atoms with Gasteiger partial charge in [0.05, 0.1) is 0 Å². The van der Waals surface area contributed by atoms with Gasteiger partial charge in [-0.05, 0) is 30.5 Å². The molecule has 2 rings (SSSR count). The van der Waals surface area contributed by atoms with Gasteiger partial charge in [-0.2, -0.15) is 0 Å². The van der Waals surface area contributed by atoms with Crippen molar-refractivity contribution in [1.82, 2.24) is 15.5 Å². The van der Waals surface area contributed by atoms with Gasteiger partial charge in [0.2, 0.25) is 10.1 Å². The summed E-state index contributed by atoms with van der Waals surface area (Å²) < 4.78 is 12.8. The molecule has 112 valence electrons. The van der Waals surface area contributed by atoms with E-state index in [4.69, 9.17) is 0 Å². The smallest absolute Gasteiger partial charge is 0.282 e. The Hall–Kier alpha value is -2.02. The van der Waals surface area contributed by atoms with Crippen molar-refractivity contribution in [3.63, 3.8) is 0 Å². The van der Waals surface area contributed by atoms with Crippen molar-refractivity contribution in [3.05, 3.63) is 40.7 Å². The largest absolute Gasteiger partial charge is 0.360 e. The summed E-state index contributed by atoms with van der Waals surface area (Å²) in [5, 5.41) is 14.6. The second kappa shape index (κ2) is 7.68. The molecule has 0 bridgehead atoms. The number of rotatable bonds is 7. The molecule has 0 radical (unpaired) electrons. The Kier molecular flexibility index (Phi) is 5.62. The molecule has 1 aromatic carbocycles. The lowest BCUT2D eigenvalue weighted by Gasteiger charge is -2.03. The molecule has 0 fully saturated rings. The average Bonchev–Trinajstić information content (AvgIpc) is 2.96. The number of carbonyl (C=O) groups is 1. The fourth-order valence-corrected chi connectivity index (χ4v) is 2.35. The van der Waals surface area contributed by atoms with Crippen LogP contribution in [0.5, 0.6) is 0 Å². The van der Waals surface area contributed by atoms with Crippen LogP contribution >= 0.6 is 11.3 Å². The molecule has 1 aromatic heterocycles. The zero-order chi connectivity index (χ0) is 15.1.